The molecule has 0 fully saturated rings. The molecule has 2 rings (SSSR count). The molecule has 2 aromatic rings. The van der Waals surface area contributed by atoms with Gasteiger partial charge in [0.2, 0.25) is 5.78 Å². The van der Waals surface area contributed by atoms with E-state index < -0.39 is 5.97 Å². The van der Waals surface area contributed by atoms with Crippen LogP contribution in [0.25, 0.3) is 6.08 Å². The summed E-state index contributed by atoms with van der Waals surface area (Å²) < 4.78 is 6.85. The van der Waals surface area contributed by atoms with Crippen molar-refractivity contribution in [2.45, 2.75) is 34.6 Å². The molecule has 0 bridgehead atoms. The minimum Gasteiger partial charge on any atom is -0.454 e. The van der Waals surface area contributed by atoms with E-state index >= 15 is 0 Å². The van der Waals surface area contributed by atoms with Gasteiger partial charge >= 0.3 is 5.97 Å². The fourth-order valence-corrected chi connectivity index (χ4v) is 2.71. The molecule has 0 atom stereocenters. The number of ether oxygens (including phenoxy) is 1. The van der Waals surface area contributed by atoms with E-state index in [-0.39, 0.29) is 12.4 Å². The first-order chi connectivity index (χ1) is 11.7. The number of benzene rings is 1. The molecular formula is C20H24N2O3. The molecule has 0 aliphatic carbocycles. The first-order valence-electron chi connectivity index (χ1n) is 8.16. The first kappa shape index (κ1) is 18.6. The Labute approximate surface area is 148 Å². The molecule has 0 aliphatic heterocycles. The van der Waals surface area contributed by atoms with Gasteiger partial charge in [0.05, 0.1) is 5.69 Å². The average Bonchev–Trinajstić information content (AvgIpc) is 2.79. The van der Waals surface area contributed by atoms with Gasteiger partial charge in [-0.2, -0.15) is 5.10 Å². The Balaban J connectivity index is 2.01. The Morgan fingerprint density at radius 3 is 2.32 bits per heavy atom. The van der Waals surface area contributed by atoms with Crippen molar-refractivity contribution >= 4 is 17.8 Å². The summed E-state index contributed by atoms with van der Waals surface area (Å²) in [7, 11) is 1.85. The van der Waals surface area contributed by atoms with Crippen molar-refractivity contribution < 1.29 is 14.3 Å². The molecule has 5 nitrogen and oxygen atoms in total. The van der Waals surface area contributed by atoms with E-state index in [4.69, 9.17) is 4.74 Å². The van der Waals surface area contributed by atoms with E-state index in [0.29, 0.717) is 5.56 Å². The molecule has 5 heteroatoms. The summed E-state index contributed by atoms with van der Waals surface area (Å²) in [6, 6.07) is 3.82. The van der Waals surface area contributed by atoms with Gasteiger partial charge in [-0.15, -0.1) is 0 Å². The average molecular weight is 340 g/mol. The number of aromatic nitrogens is 2. The maximum atomic E-state index is 12.3. The van der Waals surface area contributed by atoms with Gasteiger partial charge < -0.3 is 4.74 Å². The molecule has 0 radical (unpaired) electrons. The zero-order valence-electron chi connectivity index (χ0n) is 15.6. The van der Waals surface area contributed by atoms with E-state index in [1.54, 1.807) is 10.8 Å². The van der Waals surface area contributed by atoms with Gasteiger partial charge in [-0.25, -0.2) is 4.79 Å². The molecule has 132 valence electrons. The predicted molar refractivity (Wildman–Crippen MR) is 97.7 cm³/mol. The Kier molecular flexibility index (Phi) is 5.57. The maximum absolute atomic E-state index is 12.3. The van der Waals surface area contributed by atoms with Crippen LogP contribution in [-0.4, -0.2) is 28.1 Å². The van der Waals surface area contributed by atoms with Crippen LogP contribution in [0.2, 0.25) is 0 Å². The van der Waals surface area contributed by atoms with Gasteiger partial charge in [-0.1, -0.05) is 6.07 Å². The molecule has 25 heavy (non-hydrogen) atoms. The molecule has 1 aromatic carbocycles. The minimum absolute atomic E-state index is 0.198. The van der Waals surface area contributed by atoms with Gasteiger partial charge in [-0.05, 0) is 63.5 Å². The van der Waals surface area contributed by atoms with Gasteiger partial charge in [0, 0.05) is 29.9 Å². The van der Waals surface area contributed by atoms with E-state index in [1.165, 1.54) is 6.08 Å². The highest BCUT2D eigenvalue weighted by Gasteiger charge is 2.13. The largest absolute Gasteiger partial charge is 0.454 e. The number of hydrogen-bond acceptors (Lipinski definition) is 4. The highest BCUT2D eigenvalue weighted by atomic mass is 16.5. The van der Waals surface area contributed by atoms with Crippen molar-refractivity contribution in [2.24, 2.45) is 7.05 Å². The second-order valence-electron chi connectivity index (χ2n) is 6.32. The number of ketones is 1. The lowest BCUT2D eigenvalue weighted by molar-refractivity contribution is -0.136. The minimum atomic E-state index is -0.544. The van der Waals surface area contributed by atoms with Crippen LogP contribution in [-0.2, 0) is 16.6 Å². The molecule has 1 aromatic heterocycles. The summed E-state index contributed by atoms with van der Waals surface area (Å²) in [4.78, 5) is 24.2. The van der Waals surface area contributed by atoms with E-state index in [1.807, 2.05) is 53.8 Å². The number of carbonyl (C=O) groups is 2. The van der Waals surface area contributed by atoms with Crippen molar-refractivity contribution in [1.82, 2.24) is 9.78 Å². The smallest absolute Gasteiger partial charge is 0.331 e. The second kappa shape index (κ2) is 7.47. The van der Waals surface area contributed by atoms with Gasteiger partial charge in [-0.3, -0.25) is 9.48 Å². The normalized spacial score (nSPS) is 11.1. The third-order valence-corrected chi connectivity index (χ3v) is 4.44. The second-order valence-corrected chi connectivity index (χ2v) is 6.32. The molecule has 0 spiro atoms. The van der Waals surface area contributed by atoms with Crippen LogP contribution in [0, 0.1) is 34.6 Å². The van der Waals surface area contributed by atoms with E-state index in [2.05, 4.69) is 5.10 Å². The van der Waals surface area contributed by atoms with Crippen LogP contribution in [0.4, 0.5) is 0 Å². The number of carbonyl (C=O) groups excluding carboxylic acids is 2. The highest BCUT2D eigenvalue weighted by Crippen LogP contribution is 2.16. The molecule has 0 aliphatic rings. The summed E-state index contributed by atoms with van der Waals surface area (Å²) >= 11 is 0. The molecule has 1 heterocycles. The van der Waals surface area contributed by atoms with Crippen LogP contribution in [0.15, 0.2) is 18.2 Å². The number of esters is 1. The SMILES string of the molecule is Cc1cc(C)c(C(=O)COC(=O)C=Cc2c(C)nn(C)c2C)cc1C. The Morgan fingerprint density at radius 2 is 1.72 bits per heavy atom. The van der Waals surface area contributed by atoms with Crippen LogP contribution >= 0.6 is 0 Å². The lowest BCUT2D eigenvalue weighted by Gasteiger charge is -2.09. The fourth-order valence-electron chi connectivity index (χ4n) is 2.71. The van der Waals surface area contributed by atoms with Crippen molar-refractivity contribution in [3.8, 4) is 0 Å². The number of nitrogens with zero attached hydrogens (tertiary/aromatic N) is 2. The van der Waals surface area contributed by atoms with Gasteiger partial charge in [0.25, 0.3) is 0 Å². The molecule has 0 unspecified atom stereocenters. The van der Waals surface area contributed by atoms with Crippen LogP contribution in [0.1, 0.15) is 44.0 Å². The number of hydrogen-bond donors (Lipinski definition) is 0. The number of Topliss-reactive ketones (excluding diaryl/α,β-unsaturated/α-hetero) is 1. The maximum Gasteiger partial charge on any atom is 0.331 e. The standard InChI is InChI=1S/C20H24N2O3/c1-12-9-14(3)18(10-13(12)2)19(23)11-25-20(24)8-7-17-15(4)21-22(6)16(17)5/h7-10H,11H2,1-6H3. The van der Waals surface area contributed by atoms with Crippen molar-refractivity contribution in [1.29, 1.82) is 0 Å². The zero-order valence-corrected chi connectivity index (χ0v) is 15.6. The Morgan fingerprint density at radius 1 is 1.08 bits per heavy atom. The van der Waals surface area contributed by atoms with E-state index in [0.717, 1.165) is 33.6 Å². The van der Waals surface area contributed by atoms with E-state index in [9.17, 15) is 9.59 Å². The van der Waals surface area contributed by atoms with Gasteiger partial charge in [0.1, 0.15) is 0 Å². The highest BCUT2D eigenvalue weighted by molar-refractivity contribution is 6.00. The monoisotopic (exact) mass is 340 g/mol. The Bertz CT molecular complexity index is 860. The molecule has 0 saturated heterocycles. The van der Waals surface area contributed by atoms with Crippen LogP contribution < -0.4 is 0 Å². The Hall–Kier alpha value is -2.69. The predicted octanol–water partition coefficient (Wildman–Crippen LogP) is 3.40. The zero-order chi connectivity index (χ0) is 18.7. The lowest BCUT2D eigenvalue weighted by atomic mass is 9.98. The molecule has 0 amide bonds. The molecule has 0 saturated carbocycles. The fraction of sp³-hybridized carbons (Fsp3) is 0.350. The van der Waals surface area contributed by atoms with Gasteiger partial charge in [0.15, 0.2) is 6.61 Å². The summed E-state index contributed by atoms with van der Waals surface area (Å²) in [5.41, 5.74) is 6.35. The van der Waals surface area contributed by atoms with Crippen LogP contribution in [0.3, 0.4) is 0 Å². The van der Waals surface area contributed by atoms with Crippen molar-refractivity contribution in [3.05, 3.63) is 57.4 Å². The third kappa shape index (κ3) is 4.24. The number of rotatable bonds is 5. The van der Waals surface area contributed by atoms with Crippen molar-refractivity contribution in [3.63, 3.8) is 0 Å². The molecular weight excluding hydrogens is 316 g/mol. The van der Waals surface area contributed by atoms with Crippen LogP contribution in [0.5, 0.6) is 0 Å². The summed E-state index contributed by atoms with van der Waals surface area (Å²) in [5.74, 6) is -0.742. The quantitative estimate of drug-likeness (QED) is 0.475. The molecule has 0 N–H and O–H groups in total. The summed E-state index contributed by atoms with van der Waals surface area (Å²) in [5, 5.41) is 4.29. The lowest BCUT2D eigenvalue weighted by Crippen LogP contribution is -2.14. The first-order valence-corrected chi connectivity index (χ1v) is 8.16. The number of aryl methyl sites for hydroxylation is 5. The summed E-state index contributed by atoms with van der Waals surface area (Å²) in [6.07, 6.45) is 3.00. The van der Waals surface area contributed by atoms with Crippen molar-refractivity contribution in [2.75, 3.05) is 6.61 Å². The summed E-state index contributed by atoms with van der Waals surface area (Å²) in [6.45, 7) is 9.39. The topological polar surface area (TPSA) is 61.2 Å². The third-order valence-electron chi connectivity index (χ3n) is 4.44.